The molecule has 0 fully saturated rings. The van der Waals surface area contributed by atoms with E-state index in [4.69, 9.17) is 0 Å². The highest BCUT2D eigenvalue weighted by atomic mass is 16.3. The number of hydrogen-bond donors (Lipinski definition) is 1. The van der Waals surface area contributed by atoms with Crippen LogP contribution in [0.15, 0.2) is 36.0 Å². The van der Waals surface area contributed by atoms with Crippen LogP contribution in [0.5, 0.6) is 0 Å². The average molecular weight is 174 g/mol. The van der Waals surface area contributed by atoms with E-state index in [-0.39, 0.29) is 6.10 Å². The van der Waals surface area contributed by atoms with Crippen LogP contribution in [0.25, 0.3) is 0 Å². The Kier molecular flexibility index (Phi) is 1.37. The van der Waals surface area contributed by atoms with Gasteiger partial charge in [0.25, 0.3) is 0 Å². The first-order valence-corrected chi connectivity index (χ1v) is 5.03. The van der Waals surface area contributed by atoms with Gasteiger partial charge in [0.2, 0.25) is 0 Å². The van der Waals surface area contributed by atoms with Gasteiger partial charge in [-0.25, -0.2) is 0 Å². The third-order valence-corrected chi connectivity index (χ3v) is 3.65. The largest absolute Gasteiger partial charge is 0.389 e. The first kappa shape index (κ1) is 7.57. The second kappa shape index (κ2) is 2.36. The molecule has 13 heavy (non-hydrogen) atoms. The molecule has 0 aliphatic heterocycles. The van der Waals surface area contributed by atoms with Gasteiger partial charge in [-0.15, -0.1) is 0 Å². The van der Waals surface area contributed by atoms with Crippen LogP contribution in [0.3, 0.4) is 0 Å². The summed E-state index contributed by atoms with van der Waals surface area (Å²) in [4.78, 5) is 0. The van der Waals surface area contributed by atoms with Gasteiger partial charge in [0.1, 0.15) is 0 Å². The Morgan fingerprint density at radius 2 is 1.85 bits per heavy atom. The molecule has 1 heteroatoms. The summed E-state index contributed by atoms with van der Waals surface area (Å²) in [6.07, 6.45) is 11.2. The maximum atomic E-state index is 9.60. The molecule has 0 amide bonds. The number of rotatable bonds is 1. The molecule has 3 rings (SSSR count). The summed E-state index contributed by atoms with van der Waals surface area (Å²) in [6, 6.07) is 0. The molecule has 0 unspecified atom stereocenters. The molecular formula is C12H14O. The van der Waals surface area contributed by atoms with E-state index in [2.05, 4.69) is 30.4 Å². The molecule has 0 aromatic heterocycles. The minimum absolute atomic E-state index is 0.271. The molecule has 0 aromatic rings. The normalized spacial score (nSPS) is 46.8. The highest BCUT2D eigenvalue weighted by Crippen LogP contribution is 2.51. The van der Waals surface area contributed by atoms with Crippen molar-refractivity contribution in [2.24, 2.45) is 23.7 Å². The number of hydrogen-bond acceptors (Lipinski definition) is 1. The maximum absolute atomic E-state index is 9.60. The van der Waals surface area contributed by atoms with E-state index in [9.17, 15) is 5.11 Å². The van der Waals surface area contributed by atoms with Gasteiger partial charge in [0.15, 0.2) is 0 Å². The Bertz CT molecular complexity index is 322. The summed E-state index contributed by atoms with van der Waals surface area (Å²) in [5.41, 5.74) is 1.23. The van der Waals surface area contributed by atoms with Crippen molar-refractivity contribution in [2.45, 2.75) is 13.0 Å². The second-order valence-corrected chi connectivity index (χ2v) is 4.37. The number of aliphatic hydroxyl groups is 1. The van der Waals surface area contributed by atoms with Crippen molar-refractivity contribution in [3.05, 3.63) is 36.0 Å². The molecule has 0 aromatic carbocycles. The van der Waals surface area contributed by atoms with Crippen molar-refractivity contribution in [3.8, 4) is 0 Å². The van der Waals surface area contributed by atoms with Crippen LogP contribution in [0.4, 0.5) is 0 Å². The maximum Gasteiger partial charge on any atom is 0.0728 e. The second-order valence-electron chi connectivity index (χ2n) is 4.37. The zero-order valence-electron chi connectivity index (χ0n) is 7.72. The standard InChI is InChI=1S/C12H14O/c1-7(13)11-6-9-3-2-8-4-5-10(11)12(8)9/h2-10,12-13H,1H3/t7-,8+,9-,10-,12+/m0/s1. The van der Waals surface area contributed by atoms with E-state index in [1.165, 1.54) is 5.57 Å². The van der Waals surface area contributed by atoms with Gasteiger partial charge in [-0.05, 0) is 30.3 Å². The molecule has 0 bridgehead atoms. The van der Waals surface area contributed by atoms with Crippen molar-refractivity contribution in [2.75, 3.05) is 0 Å². The van der Waals surface area contributed by atoms with Crippen LogP contribution in [0, 0.1) is 23.7 Å². The van der Waals surface area contributed by atoms with Crippen molar-refractivity contribution in [1.82, 2.24) is 0 Å². The third kappa shape index (κ3) is 0.856. The third-order valence-electron chi connectivity index (χ3n) is 3.65. The van der Waals surface area contributed by atoms with Crippen LogP contribution in [0.2, 0.25) is 0 Å². The van der Waals surface area contributed by atoms with Crippen molar-refractivity contribution >= 4 is 0 Å². The first-order valence-electron chi connectivity index (χ1n) is 5.03. The van der Waals surface area contributed by atoms with Gasteiger partial charge in [0, 0.05) is 5.92 Å². The van der Waals surface area contributed by atoms with Crippen molar-refractivity contribution < 1.29 is 5.11 Å². The van der Waals surface area contributed by atoms with Gasteiger partial charge in [-0.2, -0.15) is 0 Å². The molecule has 3 aliphatic rings. The number of allylic oxidation sites excluding steroid dienone is 5. The minimum atomic E-state index is -0.271. The smallest absolute Gasteiger partial charge is 0.0728 e. The van der Waals surface area contributed by atoms with Crippen LogP contribution in [0.1, 0.15) is 6.92 Å². The lowest BCUT2D eigenvalue weighted by Gasteiger charge is -2.18. The van der Waals surface area contributed by atoms with Gasteiger partial charge < -0.3 is 5.11 Å². The Labute approximate surface area is 78.5 Å². The van der Waals surface area contributed by atoms with Crippen LogP contribution < -0.4 is 0 Å². The minimum Gasteiger partial charge on any atom is -0.389 e. The van der Waals surface area contributed by atoms with Crippen molar-refractivity contribution in [3.63, 3.8) is 0 Å². The quantitative estimate of drug-likeness (QED) is 0.602. The first-order chi connectivity index (χ1) is 6.27. The van der Waals surface area contributed by atoms with E-state index in [0.717, 1.165) is 0 Å². The van der Waals surface area contributed by atoms with Gasteiger partial charge >= 0.3 is 0 Å². The lowest BCUT2D eigenvalue weighted by atomic mass is 9.86. The Balaban J connectivity index is 2.02. The molecular weight excluding hydrogens is 160 g/mol. The van der Waals surface area contributed by atoms with E-state index in [0.29, 0.717) is 23.7 Å². The fourth-order valence-corrected chi connectivity index (χ4v) is 3.07. The van der Waals surface area contributed by atoms with Gasteiger partial charge in [0.05, 0.1) is 6.10 Å². The summed E-state index contributed by atoms with van der Waals surface area (Å²) in [6.45, 7) is 1.87. The van der Waals surface area contributed by atoms with Gasteiger partial charge in [-0.3, -0.25) is 0 Å². The molecule has 1 nitrogen and oxygen atoms in total. The summed E-state index contributed by atoms with van der Waals surface area (Å²) >= 11 is 0. The Hall–Kier alpha value is -0.820. The fraction of sp³-hybridized carbons (Fsp3) is 0.500. The van der Waals surface area contributed by atoms with E-state index < -0.39 is 0 Å². The van der Waals surface area contributed by atoms with Crippen LogP contribution in [-0.4, -0.2) is 11.2 Å². The molecule has 0 saturated heterocycles. The lowest BCUT2D eigenvalue weighted by Crippen LogP contribution is -2.16. The molecule has 0 radical (unpaired) electrons. The molecule has 1 N–H and O–H groups in total. The fourth-order valence-electron chi connectivity index (χ4n) is 3.07. The van der Waals surface area contributed by atoms with Crippen molar-refractivity contribution in [1.29, 1.82) is 0 Å². The summed E-state index contributed by atoms with van der Waals surface area (Å²) in [7, 11) is 0. The Morgan fingerprint density at radius 3 is 2.62 bits per heavy atom. The molecule has 3 aliphatic carbocycles. The molecule has 0 heterocycles. The lowest BCUT2D eigenvalue weighted by molar-refractivity contribution is 0.217. The van der Waals surface area contributed by atoms with Gasteiger partial charge in [-0.1, -0.05) is 30.4 Å². The molecule has 0 spiro atoms. The summed E-state index contributed by atoms with van der Waals surface area (Å²) in [5.74, 6) is 2.46. The SMILES string of the molecule is C[C@H](O)C1=C[C@@H]2C=C[C@@H]3C=C[C@@H]1[C@H]32. The Morgan fingerprint density at radius 1 is 1.15 bits per heavy atom. The zero-order valence-corrected chi connectivity index (χ0v) is 7.72. The molecule has 68 valence electrons. The monoisotopic (exact) mass is 174 g/mol. The topological polar surface area (TPSA) is 20.2 Å². The molecule has 5 atom stereocenters. The van der Waals surface area contributed by atoms with E-state index in [1.54, 1.807) is 0 Å². The summed E-state index contributed by atoms with van der Waals surface area (Å²) < 4.78 is 0. The van der Waals surface area contributed by atoms with E-state index in [1.807, 2.05) is 6.92 Å². The molecule has 0 saturated carbocycles. The highest BCUT2D eigenvalue weighted by molar-refractivity contribution is 5.38. The van der Waals surface area contributed by atoms with Crippen LogP contribution >= 0.6 is 0 Å². The van der Waals surface area contributed by atoms with E-state index >= 15 is 0 Å². The predicted octanol–water partition coefficient (Wildman–Crippen LogP) is 1.91. The van der Waals surface area contributed by atoms with Crippen LogP contribution in [-0.2, 0) is 0 Å². The zero-order chi connectivity index (χ0) is 9.00. The predicted molar refractivity (Wildman–Crippen MR) is 52.0 cm³/mol. The average Bonchev–Trinajstić information content (AvgIpc) is 2.72. The highest BCUT2D eigenvalue weighted by Gasteiger charge is 2.44. The number of aliphatic hydroxyl groups excluding tert-OH is 1. The summed E-state index contributed by atoms with van der Waals surface area (Å²) in [5, 5.41) is 9.60.